The molecule has 2 N–H and O–H groups in total. The standard InChI is InChI=1S/C18H21ClN2O.ClH/c1-3-20-12-15-7-4-5-10-17(15)21-18(22)13(2)14-8-6-9-16(19)11-14;/h4-11,13,20H,3,12H2,1-2H3,(H,21,22);1H. The molecule has 1 unspecified atom stereocenters. The zero-order chi connectivity index (χ0) is 15.9. The molecule has 0 saturated heterocycles. The van der Waals surface area contributed by atoms with Gasteiger partial charge in [0.1, 0.15) is 0 Å². The number of anilines is 1. The quantitative estimate of drug-likeness (QED) is 0.796. The third kappa shape index (κ3) is 5.54. The van der Waals surface area contributed by atoms with E-state index in [2.05, 4.69) is 17.6 Å². The van der Waals surface area contributed by atoms with E-state index >= 15 is 0 Å². The molecule has 0 radical (unpaired) electrons. The molecule has 0 aliphatic heterocycles. The average molecular weight is 353 g/mol. The minimum atomic E-state index is -0.258. The van der Waals surface area contributed by atoms with Crippen molar-refractivity contribution in [3.05, 3.63) is 64.7 Å². The Hall–Kier alpha value is -1.55. The zero-order valence-electron chi connectivity index (χ0n) is 13.3. The summed E-state index contributed by atoms with van der Waals surface area (Å²) in [7, 11) is 0. The number of carbonyl (C=O) groups is 1. The summed E-state index contributed by atoms with van der Waals surface area (Å²) in [6, 6.07) is 15.3. The lowest BCUT2D eigenvalue weighted by atomic mass is 10.00. The molecule has 3 nitrogen and oxygen atoms in total. The molecule has 0 aliphatic rings. The van der Waals surface area contributed by atoms with Crippen LogP contribution in [0, 0.1) is 0 Å². The maximum absolute atomic E-state index is 12.5. The van der Waals surface area contributed by atoms with Crippen LogP contribution in [-0.4, -0.2) is 12.5 Å². The van der Waals surface area contributed by atoms with E-state index in [0.717, 1.165) is 29.9 Å². The second-order valence-corrected chi connectivity index (χ2v) is 5.64. The maximum atomic E-state index is 12.5. The highest BCUT2D eigenvalue weighted by atomic mass is 35.5. The fraction of sp³-hybridized carbons (Fsp3) is 0.278. The van der Waals surface area contributed by atoms with E-state index in [9.17, 15) is 4.79 Å². The molecule has 0 saturated carbocycles. The lowest BCUT2D eigenvalue weighted by Gasteiger charge is -2.15. The van der Waals surface area contributed by atoms with Crippen LogP contribution < -0.4 is 10.6 Å². The molecule has 5 heteroatoms. The predicted molar refractivity (Wildman–Crippen MR) is 99.6 cm³/mol. The average Bonchev–Trinajstić information content (AvgIpc) is 2.53. The Morgan fingerprint density at radius 1 is 1.17 bits per heavy atom. The highest BCUT2D eigenvalue weighted by Gasteiger charge is 2.16. The van der Waals surface area contributed by atoms with Crippen LogP contribution in [0.1, 0.15) is 30.9 Å². The number of rotatable bonds is 6. The Balaban J connectivity index is 0.00000264. The Bertz CT molecular complexity index is 646. The van der Waals surface area contributed by atoms with Crippen molar-refractivity contribution in [2.45, 2.75) is 26.3 Å². The van der Waals surface area contributed by atoms with Gasteiger partial charge in [0.25, 0.3) is 0 Å². The van der Waals surface area contributed by atoms with Gasteiger partial charge >= 0.3 is 0 Å². The van der Waals surface area contributed by atoms with Gasteiger partial charge in [0, 0.05) is 17.3 Å². The molecule has 2 rings (SSSR count). The van der Waals surface area contributed by atoms with E-state index in [1.165, 1.54) is 0 Å². The summed E-state index contributed by atoms with van der Waals surface area (Å²) in [5.74, 6) is -0.294. The SMILES string of the molecule is CCNCc1ccccc1NC(=O)C(C)c1cccc(Cl)c1.Cl. The minimum absolute atomic E-state index is 0. The van der Waals surface area contributed by atoms with Crippen LogP contribution in [0.4, 0.5) is 5.69 Å². The number of benzene rings is 2. The van der Waals surface area contributed by atoms with E-state index < -0.39 is 0 Å². The highest BCUT2D eigenvalue weighted by molar-refractivity contribution is 6.30. The Kier molecular flexibility index (Phi) is 8.10. The van der Waals surface area contributed by atoms with Gasteiger partial charge in [-0.05, 0) is 42.8 Å². The molecule has 0 heterocycles. The Morgan fingerprint density at radius 2 is 1.91 bits per heavy atom. The molecule has 1 atom stereocenters. The lowest BCUT2D eigenvalue weighted by molar-refractivity contribution is -0.117. The Morgan fingerprint density at radius 3 is 2.61 bits per heavy atom. The van der Waals surface area contributed by atoms with Crippen LogP contribution in [-0.2, 0) is 11.3 Å². The molecule has 0 bridgehead atoms. The second-order valence-electron chi connectivity index (χ2n) is 5.20. The fourth-order valence-corrected chi connectivity index (χ4v) is 2.42. The third-order valence-electron chi connectivity index (χ3n) is 3.58. The molecule has 2 aromatic rings. The first-order valence-electron chi connectivity index (χ1n) is 7.46. The van der Waals surface area contributed by atoms with Crippen molar-refractivity contribution in [1.29, 1.82) is 0 Å². The summed E-state index contributed by atoms with van der Waals surface area (Å²) in [4.78, 5) is 12.5. The van der Waals surface area contributed by atoms with Gasteiger partial charge in [0.2, 0.25) is 5.91 Å². The summed E-state index contributed by atoms with van der Waals surface area (Å²) in [6.45, 7) is 5.57. The van der Waals surface area contributed by atoms with Gasteiger partial charge in [-0.3, -0.25) is 4.79 Å². The van der Waals surface area contributed by atoms with E-state index in [1.807, 2.05) is 49.4 Å². The smallest absolute Gasteiger partial charge is 0.231 e. The topological polar surface area (TPSA) is 41.1 Å². The van der Waals surface area contributed by atoms with Crippen LogP contribution in [0.3, 0.4) is 0 Å². The van der Waals surface area contributed by atoms with E-state index in [1.54, 1.807) is 6.07 Å². The first-order valence-corrected chi connectivity index (χ1v) is 7.84. The number of carbonyl (C=O) groups excluding carboxylic acids is 1. The van der Waals surface area contributed by atoms with Gasteiger partial charge in [-0.1, -0.05) is 48.9 Å². The van der Waals surface area contributed by atoms with Gasteiger partial charge in [-0.25, -0.2) is 0 Å². The molecule has 23 heavy (non-hydrogen) atoms. The van der Waals surface area contributed by atoms with Crippen LogP contribution >= 0.6 is 24.0 Å². The molecular formula is C18H22Cl2N2O. The number of nitrogens with one attached hydrogen (secondary N) is 2. The predicted octanol–water partition coefficient (Wildman–Crippen LogP) is 4.61. The molecule has 2 aromatic carbocycles. The molecule has 124 valence electrons. The number of halogens is 2. The minimum Gasteiger partial charge on any atom is -0.325 e. The summed E-state index contributed by atoms with van der Waals surface area (Å²) in [6.07, 6.45) is 0. The normalized spacial score (nSPS) is 11.4. The summed E-state index contributed by atoms with van der Waals surface area (Å²) in [5, 5.41) is 6.94. The number of hydrogen-bond acceptors (Lipinski definition) is 2. The molecule has 0 fully saturated rings. The lowest BCUT2D eigenvalue weighted by Crippen LogP contribution is -2.21. The number of para-hydroxylation sites is 1. The van der Waals surface area contributed by atoms with Crippen molar-refractivity contribution in [2.75, 3.05) is 11.9 Å². The van der Waals surface area contributed by atoms with Gasteiger partial charge in [0.15, 0.2) is 0 Å². The highest BCUT2D eigenvalue weighted by Crippen LogP contribution is 2.22. The van der Waals surface area contributed by atoms with Gasteiger partial charge < -0.3 is 10.6 Å². The van der Waals surface area contributed by atoms with Crippen LogP contribution in [0.2, 0.25) is 5.02 Å². The van der Waals surface area contributed by atoms with Gasteiger partial charge in [-0.15, -0.1) is 12.4 Å². The van der Waals surface area contributed by atoms with Crippen molar-refractivity contribution in [2.24, 2.45) is 0 Å². The third-order valence-corrected chi connectivity index (χ3v) is 3.82. The van der Waals surface area contributed by atoms with E-state index in [4.69, 9.17) is 11.6 Å². The van der Waals surface area contributed by atoms with Crippen LogP contribution in [0.15, 0.2) is 48.5 Å². The largest absolute Gasteiger partial charge is 0.325 e. The van der Waals surface area contributed by atoms with Crippen molar-refractivity contribution in [3.8, 4) is 0 Å². The molecule has 1 amide bonds. The van der Waals surface area contributed by atoms with Crippen LogP contribution in [0.5, 0.6) is 0 Å². The summed E-state index contributed by atoms with van der Waals surface area (Å²) in [5.41, 5.74) is 2.84. The van der Waals surface area contributed by atoms with Gasteiger partial charge in [0.05, 0.1) is 5.92 Å². The molecule has 0 aromatic heterocycles. The van der Waals surface area contributed by atoms with Crippen molar-refractivity contribution in [1.82, 2.24) is 5.32 Å². The zero-order valence-corrected chi connectivity index (χ0v) is 14.9. The summed E-state index contributed by atoms with van der Waals surface area (Å²) < 4.78 is 0. The summed E-state index contributed by atoms with van der Waals surface area (Å²) >= 11 is 6.00. The number of amides is 1. The number of hydrogen-bond donors (Lipinski definition) is 2. The molecule has 0 spiro atoms. The van der Waals surface area contributed by atoms with Gasteiger partial charge in [-0.2, -0.15) is 0 Å². The second kappa shape index (κ2) is 9.56. The van der Waals surface area contributed by atoms with Crippen molar-refractivity contribution >= 4 is 35.6 Å². The Labute approximate surface area is 148 Å². The fourth-order valence-electron chi connectivity index (χ4n) is 2.22. The first-order chi connectivity index (χ1) is 10.6. The molecular weight excluding hydrogens is 331 g/mol. The van der Waals surface area contributed by atoms with Crippen LogP contribution in [0.25, 0.3) is 0 Å². The van der Waals surface area contributed by atoms with Crippen molar-refractivity contribution < 1.29 is 4.79 Å². The van der Waals surface area contributed by atoms with E-state index in [-0.39, 0.29) is 24.2 Å². The monoisotopic (exact) mass is 352 g/mol. The molecule has 0 aliphatic carbocycles. The van der Waals surface area contributed by atoms with E-state index in [0.29, 0.717) is 5.02 Å². The first kappa shape index (κ1) is 19.5. The maximum Gasteiger partial charge on any atom is 0.231 e. The van der Waals surface area contributed by atoms with Crippen molar-refractivity contribution in [3.63, 3.8) is 0 Å².